The predicted octanol–water partition coefficient (Wildman–Crippen LogP) is 1.37. The van der Waals surface area contributed by atoms with E-state index in [-0.39, 0.29) is 18.4 Å². The summed E-state index contributed by atoms with van der Waals surface area (Å²) in [7, 11) is 0. The minimum absolute atomic E-state index is 0.00746. The number of ether oxygens (including phenoxy) is 1. The minimum atomic E-state index is -0.0657. The molecule has 1 fully saturated rings. The molecule has 2 heterocycles. The first kappa shape index (κ1) is 18.9. The van der Waals surface area contributed by atoms with Gasteiger partial charge < -0.3 is 19.0 Å². The van der Waals surface area contributed by atoms with Crippen molar-refractivity contribution in [2.45, 2.75) is 26.7 Å². The Kier molecular flexibility index (Phi) is 6.05. The molecule has 1 saturated heterocycles. The predicted molar refractivity (Wildman–Crippen MR) is 97.2 cm³/mol. The number of aryl methyl sites for hydroxylation is 3. The highest BCUT2D eigenvalue weighted by molar-refractivity contribution is 5.79. The van der Waals surface area contributed by atoms with Gasteiger partial charge in [-0.25, -0.2) is 0 Å². The van der Waals surface area contributed by atoms with Crippen LogP contribution in [0, 0.1) is 13.8 Å². The van der Waals surface area contributed by atoms with E-state index in [1.165, 1.54) is 0 Å². The Bertz CT molecular complexity index is 779. The highest BCUT2D eigenvalue weighted by Gasteiger charge is 2.24. The highest BCUT2D eigenvalue weighted by atomic mass is 16.5. The SMILES string of the molecule is Cc1ccc(OCC(=O)N2CCN(C(=O)CCc3nnc(C)o3)CC2)cc1. The van der Waals surface area contributed by atoms with Crippen molar-refractivity contribution in [3.8, 4) is 5.75 Å². The van der Waals surface area contributed by atoms with E-state index < -0.39 is 0 Å². The van der Waals surface area contributed by atoms with E-state index in [2.05, 4.69) is 10.2 Å². The van der Waals surface area contributed by atoms with E-state index in [1.54, 1.807) is 16.7 Å². The summed E-state index contributed by atoms with van der Waals surface area (Å²) in [6.45, 7) is 5.81. The molecule has 0 bridgehead atoms. The molecule has 0 radical (unpaired) electrons. The highest BCUT2D eigenvalue weighted by Crippen LogP contribution is 2.12. The molecule has 144 valence electrons. The first-order chi connectivity index (χ1) is 13.0. The fourth-order valence-electron chi connectivity index (χ4n) is 2.89. The third kappa shape index (κ3) is 5.29. The zero-order valence-corrected chi connectivity index (χ0v) is 15.7. The number of nitrogens with zero attached hydrogens (tertiary/aromatic N) is 4. The molecule has 8 nitrogen and oxygen atoms in total. The molecule has 0 spiro atoms. The van der Waals surface area contributed by atoms with Crippen molar-refractivity contribution in [3.63, 3.8) is 0 Å². The number of rotatable bonds is 6. The monoisotopic (exact) mass is 372 g/mol. The van der Waals surface area contributed by atoms with Crippen molar-refractivity contribution < 1.29 is 18.7 Å². The summed E-state index contributed by atoms with van der Waals surface area (Å²) in [5, 5.41) is 7.65. The zero-order valence-electron chi connectivity index (χ0n) is 15.7. The quantitative estimate of drug-likeness (QED) is 0.761. The second kappa shape index (κ2) is 8.66. The first-order valence-corrected chi connectivity index (χ1v) is 9.05. The summed E-state index contributed by atoms with van der Waals surface area (Å²) in [6, 6.07) is 7.59. The summed E-state index contributed by atoms with van der Waals surface area (Å²) >= 11 is 0. The van der Waals surface area contributed by atoms with Crippen LogP contribution in [0.3, 0.4) is 0 Å². The van der Waals surface area contributed by atoms with E-state index in [4.69, 9.17) is 9.15 Å². The van der Waals surface area contributed by atoms with Crippen LogP contribution in [-0.2, 0) is 16.0 Å². The number of aromatic nitrogens is 2. The van der Waals surface area contributed by atoms with E-state index in [0.717, 1.165) is 5.56 Å². The Labute approximate surface area is 158 Å². The van der Waals surface area contributed by atoms with Crippen molar-refractivity contribution in [2.75, 3.05) is 32.8 Å². The molecule has 2 aromatic rings. The molecular formula is C19H24N4O4. The fraction of sp³-hybridized carbons (Fsp3) is 0.474. The molecule has 1 aliphatic rings. The van der Waals surface area contributed by atoms with Crippen molar-refractivity contribution in [3.05, 3.63) is 41.6 Å². The number of benzene rings is 1. The molecule has 0 aliphatic carbocycles. The lowest BCUT2D eigenvalue weighted by atomic mass is 10.2. The van der Waals surface area contributed by atoms with Gasteiger partial charge in [0.2, 0.25) is 17.7 Å². The Morgan fingerprint density at radius 3 is 2.22 bits per heavy atom. The third-order valence-corrected chi connectivity index (χ3v) is 4.49. The van der Waals surface area contributed by atoms with Crippen molar-refractivity contribution in [1.82, 2.24) is 20.0 Å². The summed E-state index contributed by atoms with van der Waals surface area (Å²) in [5.74, 6) is 1.62. The molecule has 1 aromatic heterocycles. The average Bonchev–Trinajstić information content (AvgIpc) is 3.11. The van der Waals surface area contributed by atoms with Crippen LogP contribution in [-0.4, -0.2) is 64.6 Å². The van der Waals surface area contributed by atoms with Gasteiger partial charge in [-0.3, -0.25) is 9.59 Å². The third-order valence-electron chi connectivity index (χ3n) is 4.49. The molecular weight excluding hydrogens is 348 g/mol. The van der Waals surface area contributed by atoms with Gasteiger partial charge in [0.15, 0.2) is 6.61 Å². The van der Waals surface area contributed by atoms with Gasteiger partial charge in [-0.1, -0.05) is 17.7 Å². The number of amides is 2. The Morgan fingerprint density at radius 1 is 1.00 bits per heavy atom. The molecule has 27 heavy (non-hydrogen) atoms. The molecule has 0 atom stereocenters. The molecule has 8 heteroatoms. The first-order valence-electron chi connectivity index (χ1n) is 9.05. The maximum atomic E-state index is 12.3. The summed E-state index contributed by atoms with van der Waals surface area (Å²) in [5.41, 5.74) is 1.14. The fourth-order valence-corrected chi connectivity index (χ4v) is 2.89. The van der Waals surface area contributed by atoms with E-state index in [9.17, 15) is 9.59 Å². The van der Waals surface area contributed by atoms with Gasteiger partial charge >= 0.3 is 0 Å². The summed E-state index contributed by atoms with van der Waals surface area (Å²) < 4.78 is 10.8. The average molecular weight is 372 g/mol. The molecule has 0 saturated carbocycles. The Morgan fingerprint density at radius 2 is 1.63 bits per heavy atom. The van der Waals surface area contributed by atoms with Crippen LogP contribution >= 0.6 is 0 Å². The number of carbonyl (C=O) groups excluding carboxylic acids is 2. The molecule has 1 aromatic carbocycles. The lowest BCUT2D eigenvalue weighted by molar-refractivity contribution is -0.140. The number of hydrogen-bond acceptors (Lipinski definition) is 6. The van der Waals surface area contributed by atoms with Gasteiger partial charge in [0.1, 0.15) is 5.75 Å². The van der Waals surface area contributed by atoms with Crippen molar-refractivity contribution in [2.24, 2.45) is 0 Å². The molecule has 3 rings (SSSR count). The van der Waals surface area contributed by atoms with E-state index in [0.29, 0.717) is 56.6 Å². The van der Waals surface area contributed by atoms with Crippen molar-refractivity contribution >= 4 is 11.8 Å². The van der Waals surface area contributed by atoms with Crippen LogP contribution in [0.15, 0.2) is 28.7 Å². The molecule has 1 aliphatic heterocycles. The summed E-state index contributed by atoms with van der Waals surface area (Å²) in [6.07, 6.45) is 0.759. The normalized spacial score (nSPS) is 14.3. The van der Waals surface area contributed by atoms with Crippen LogP contribution in [0.4, 0.5) is 0 Å². The number of hydrogen-bond donors (Lipinski definition) is 0. The lowest BCUT2D eigenvalue weighted by Gasteiger charge is -2.34. The Balaban J connectivity index is 1.39. The second-order valence-corrected chi connectivity index (χ2v) is 6.58. The van der Waals surface area contributed by atoms with E-state index in [1.807, 2.05) is 31.2 Å². The maximum Gasteiger partial charge on any atom is 0.260 e. The van der Waals surface area contributed by atoms with Crippen LogP contribution in [0.25, 0.3) is 0 Å². The topological polar surface area (TPSA) is 88.8 Å². The molecule has 0 unspecified atom stereocenters. The Hall–Kier alpha value is -2.90. The minimum Gasteiger partial charge on any atom is -0.484 e. The van der Waals surface area contributed by atoms with Crippen LogP contribution in [0.5, 0.6) is 5.75 Å². The van der Waals surface area contributed by atoms with Crippen LogP contribution in [0.1, 0.15) is 23.8 Å². The number of piperazine rings is 1. The molecule has 2 amide bonds. The van der Waals surface area contributed by atoms with Gasteiger partial charge in [-0.05, 0) is 19.1 Å². The van der Waals surface area contributed by atoms with Crippen LogP contribution in [0.2, 0.25) is 0 Å². The van der Waals surface area contributed by atoms with Crippen molar-refractivity contribution in [1.29, 1.82) is 0 Å². The van der Waals surface area contributed by atoms with E-state index >= 15 is 0 Å². The van der Waals surface area contributed by atoms with Gasteiger partial charge in [0.25, 0.3) is 5.91 Å². The smallest absolute Gasteiger partial charge is 0.260 e. The standard InChI is InChI=1S/C19H24N4O4/c1-14-3-5-16(6-4-14)26-13-19(25)23-11-9-22(10-12-23)18(24)8-7-17-21-20-15(2)27-17/h3-6H,7-13H2,1-2H3. The largest absolute Gasteiger partial charge is 0.484 e. The van der Waals surface area contributed by atoms with Gasteiger partial charge in [0.05, 0.1) is 0 Å². The van der Waals surface area contributed by atoms with Gasteiger partial charge in [-0.15, -0.1) is 10.2 Å². The summed E-state index contributed by atoms with van der Waals surface area (Å²) in [4.78, 5) is 28.1. The lowest BCUT2D eigenvalue weighted by Crippen LogP contribution is -2.51. The maximum absolute atomic E-state index is 12.3. The van der Waals surface area contributed by atoms with Gasteiger partial charge in [0, 0.05) is 45.9 Å². The number of carbonyl (C=O) groups is 2. The zero-order chi connectivity index (χ0) is 19.2. The van der Waals surface area contributed by atoms with Crippen LogP contribution < -0.4 is 4.74 Å². The second-order valence-electron chi connectivity index (χ2n) is 6.58. The molecule has 0 N–H and O–H groups in total. The van der Waals surface area contributed by atoms with Gasteiger partial charge in [-0.2, -0.15) is 0 Å².